The van der Waals surface area contributed by atoms with Gasteiger partial charge in [-0.2, -0.15) is 0 Å². The highest BCUT2D eigenvalue weighted by Gasteiger charge is 2.11. The van der Waals surface area contributed by atoms with Crippen molar-refractivity contribution in [3.05, 3.63) is 0 Å². The van der Waals surface area contributed by atoms with Gasteiger partial charge in [0.1, 0.15) is 0 Å². The first-order chi connectivity index (χ1) is 7.63. The van der Waals surface area contributed by atoms with Crippen LogP contribution in [0, 0.1) is 0 Å². The summed E-state index contributed by atoms with van der Waals surface area (Å²) in [7, 11) is 0. The van der Waals surface area contributed by atoms with Gasteiger partial charge in [0.2, 0.25) is 5.91 Å². The van der Waals surface area contributed by atoms with Gasteiger partial charge in [-0.15, -0.1) is 0 Å². The fourth-order valence-electron chi connectivity index (χ4n) is 1.17. The first kappa shape index (κ1) is 14.9. The first-order valence-corrected chi connectivity index (χ1v) is 5.43. The molecular weight excluding hydrogens is 212 g/mol. The Morgan fingerprint density at radius 1 is 1.38 bits per heavy atom. The number of carbonyl (C=O) groups is 2. The van der Waals surface area contributed by atoms with Crippen LogP contribution in [-0.2, 0) is 9.53 Å². The normalized spacial score (nSPS) is 10.2. The highest BCUT2D eigenvalue weighted by Crippen LogP contribution is 1.90. The smallest absolute Gasteiger partial charge is 0.413 e. The van der Waals surface area contributed by atoms with Gasteiger partial charge in [-0.25, -0.2) is 4.79 Å². The standard InChI is InChI=1S/C10H20N2O4/c1-3-12(6-5-7-13)8-9(14)11-10(15)16-4-2/h13H,3-8H2,1-2H3,(H,11,14,15). The van der Waals surface area contributed by atoms with Crippen molar-refractivity contribution in [2.45, 2.75) is 20.3 Å². The number of alkyl carbamates (subject to hydrolysis) is 1. The van der Waals surface area contributed by atoms with Gasteiger partial charge in [0, 0.05) is 13.2 Å². The molecule has 0 spiro atoms. The van der Waals surface area contributed by atoms with Crippen LogP contribution in [0.25, 0.3) is 0 Å². The van der Waals surface area contributed by atoms with E-state index in [1.165, 1.54) is 0 Å². The topological polar surface area (TPSA) is 78.9 Å². The van der Waals surface area contributed by atoms with Gasteiger partial charge in [-0.05, 0) is 19.9 Å². The number of ether oxygens (including phenoxy) is 1. The number of likely N-dealkylation sites (N-methyl/N-ethyl adjacent to an activating group) is 1. The van der Waals surface area contributed by atoms with E-state index in [1.807, 2.05) is 11.8 Å². The Kier molecular flexibility index (Phi) is 8.46. The van der Waals surface area contributed by atoms with Crippen molar-refractivity contribution in [1.82, 2.24) is 10.2 Å². The molecule has 0 saturated heterocycles. The molecule has 2 amide bonds. The van der Waals surface area contributed by atoms with Gasteiger partial charge >= 0.3 is 6.09 Å². The van der Waals surface area contributed by atoms with Crippen molar-refractivity contribution in [2.24, 2.45) is 0 Å². The summed E-state index contributed by atoms with van der Waals surface area (Å²) in [5.41, 5.74) is 0. The molecule has 0 aromatic carbocycles. The third-order valence-electron chi connectivity index (χ3n) is 1.96. The van der Waals surface area contributed by atoms with E-state index >= 15 is 0 Å². The lowest BCUT2D eigenvalue weighted by Gasteiger charge is -2.18. The lowest BCUT2D eigenvalue weighted by Crippen LogP contribution is -2.40. The van der Waals surface area contributed by atoms with Crippen LogP contribution in [0.4, 0.5) is 4.79 Å². The van der Waals surface area contributed by atoms with Gasteiger partial charge in [0.15, 0.2) is 0 Å². The molecule has 0 rings (SSSR count). The predicted octanol–water partition coefficient (Wildman–Crippen LogP) is -0.0366. The van der Waals surface area contributed by atoms with E-state index in [4.69, 9.17) is 5.11 Å². The summed E-state index contributed by atoms with van der Waals surface area (Å²) < 4.78 is 4.58. The van der Waals surface area contributed by atoms with Crippen LogP contribution < -0.4 is 5.32 Å². The van der Waals surface area contributed by atoms with E-state index in [0.29, 0.717) is 19.5 Å². The number of rotatable bonds is 7. The minimum Gasteiger partial charge on any atom is -0.450 e. The minimum absolute atomic E-state index is 0.0932. The molecule has 94 valence electrons. The Bertz CT molecular complexity index is 221. The number of hydrogen-bond acceptors (Lipinski definition) is 5. The summed E-state index contributed by atoms with van der Waals surface area (Å²) in [5.74, 6) is -0.391. The quantitative estimate of drug-likeness (QED) is 0.644. The summed E-state index contributed by atoms with van der Waals surface area (Å²) in [6.07, 6.45) is -0.105. The molecule has 0 heterocycles. The molecule has 0 saturated carbocycles. The zero-order valence-corrected chi connectivity index (χ0v) is 9.86. The Balaban J connectivity index is 3.86. The van der Waals surface area contributed by atoms with Crippen LogP contribution in [0.2, 0.25) is 0 Å². The van der Waals surface area contributed by atoms with Crippen LogP contribution in [0.15, 0.2) is 0 Å². The average Bonchev–Trinajstić information content (AvgIpc) is 2.24. The number of amides is 2. The Labute approximate surface area is 95.6 Å². The summed E-state index contributed by atoms with van der Waals surface area (Å²) in [6, 6.07) is 0. The molecule has 0 aromatic rings. The molecule has 0 aromatic heterocycles. The average molecular weight is 232 g/mol. The van der Waals surface area contributed by atoms with Crippen LogP contribution in [0.1, 0.15) is 20.3 Å². The van der Waals surface area contributed by atoms with E-state index in [-0.39, 0.29) is 19.8 Å². The number of nitrogens with zero attached hydrogens (tertiary/aromatic N) is 1. The second-order valence-corrected chi connectivity index (χ2v) is 3.21. The molecule has 0 atom stereocenters. The Hall–Kier alpha value is -1.14. The first-order valence-electron chi connectivity index (χ1n) is 5.43. The van der Waals surface area contributed by atoms with E-state index in [1.54, 1.807) is 6.92 Å². The molecule has 2 N–H and O–H groups in total. The third kappa shape index (κ3) is 7.19. The highest BCUT2D eigenvalue weighted by atomic mass is 16.5. The summed E-state index contributed by atoms with van der Waals surface area (Å²) in [4.78, 5) is 24.1. The van der Waals surface area contributed by atoms with Crippen LogP contribution in [-0.4, -0.2) is 54.9 Å². The van der Waals surface area contributed by atoms with Gasteiger partial charge < -0.3 is 9.84 Å². The molecule has 0 fully saturated rings. The number of nitrogens with one attached hydrogen (secondary N) is 1. The Morgan fingerprint density at radius 2 is 2.06 bits per heavy atom. The SMILES string of the molecule is CCOC(=O)NC(=O)CN(CC)CCCO. The molecule has 0 aliphatic rings. The van der Waals surface area contributed by atoms with Crippen LogP contribution in [0.5, 0.6) is 0 Å². The summed E-state index contributed by atoms with van der Waals surface area (Å²) in [6.45, 7) is 5.37. The van der Waals surface area contributed by atoms with Crippen molar-refractivity contribution in [3.8, 4) is 0 Å². The number of imide groups is 1. The number of carbonyl (C=O) groups excluding carboxylic acids is 2. The van der Waals surface area contributed by atoms with Crippen molar-refractivity contribution in [3.63, 3.8) is 0 Å². The molecule has 0 radical (unpaired) electrons. The van der Waals surface area contributed by atoms with Crippen molar-refractivity contribution < 1.29 is 19.4 Å². The second-order valence-electron chi connectivity index (χ2n) is 3.21. The number of hydrogen-bond donors (Lipinski definition) is 2. The lowest BCUT2D eigenvalue weighted by atomic mass is 10.4. The molecule has 0 aliphatic carbocycles. The molecule has 6 nitrogen and oxygen atoms in total. The maximum absolute atomic E-state index is 11.3. The fraction of sp³-hybridized carbons (Fsp3) is 0.800. The molecule has 0 bridgehead atoms. The largest absolute Gasteiger partial charge is 0.450 e. The maximum atomic E-state index is 11.3. The van der Waals surface area contributed by atoms with Gasteiger partial charge in [-0.1, -0.05) is 6.92 Å². The zero-order chi connectivity index (χ0) is 12.4. The Morgan fingerprint density at radius 3 is 2.56 bits per heavy atom. The molecule has 6 heteroatoms. The zero-order valence-electron chi connectivity index (χ0n) is 9.86. The van der Waals surface area contributed by atoms with Gasteiger partial charge in [0.25, 0.3) is 0 Å². The van der Waals surface area contributed by atoms with Crippen molar-refractivity contribution in [2.75, 3.05) is 32.8 Å². The molecule has 0 unspecified atom stereocenters. The maximum Gasteiger partial charge on any atom is 0.413 e. The molecule has 16 heavy (non-hydrogen) atoms. The monoisotopic (exact) mass is 232 g/mol. The van der Waals surface area contributed by atoms with Gasteiger partial charge in [-0.3, -0.25) is 15.0 Å². The van der Waals surface area contributed by atoms with Gasteiger partial charge in [0.05, 0.1) is 13.2 Å². The van der Waals surface area contributed by atoms with E-state index in [9.17, 15) is 9.59 Å². The third-order valence-corrected chi connectivity index (χ3v) is 1.96. The van der Waals surface area contributed by atoms with Crippen LogP contribution in [0.3, 0.4) is 0 Å². The van der Waals surface area contributed by atoms with Crippen molar-refractivity contribution in [1.29, 1.82) is 0 Å². The number of aliphatic hydroxyl groups excluding tert-OH is 1. The van der Waals surface area contributed by atoms with E-state index < -0.39 is 12.0 Å². The van der Waals surface area contributed by atoms with Crippen molar-refractivity contribution >= 4 is 12.0 Å². The van der Waals surface area contributed by atoms with Crippen LogP contribution >= 0.6 is 0 Å². The minimum atomic E-state index is -0.717. The number of aliphatic hydroxyl groups is 1. The molecular formula is C10H20N2O4. The second kappa shape index (κ2) is 9.11. The lowest BCUT2D eigenvalue weighted by molar-refractivity contribution is -0.121. The van der Waals surface area contributed by atoms with E-state index in [0.717, 1.165) is 0 Å². The summed E-state index contributed by atoms with van der Waals surface area (Å²) in [5, 5.41) is 10.8. The highest BCUT2D eigenvalue weighted by molar-refractivity contribution is 5.92. The summed E-state index contributed by atoms with van der Waals surface area (Å²) >= 11 is 0. The van der Waals surface area contributed by atoms with E-state index in [2.05, 4.69) is 10.1 Å². The fourth-order valence-corrected chi connectivity index (χ4v) is 1.17. The predicted molar refractivity (Wildman–Crippen MR) is 59.0 cm³/mol. The molecule has 0 aliphatic heterocycles.